The van der Waals surface area contributed by atoms with E-state index in [1.807, 2.05) is 11.6 Å². The average Bonchev–Trinajstić information content (AvgIpc) is 2.62. The molecule has 3 nitrogen and oxygen atoms in total. The summed E-state index contributed by atoms with van der Waals surface area (Å²) in [6, 6.07) is 0. The fourth-order valence-corrected chi connectivity index (χ4v) is 3.34. The lowest BCUT2D eigenvalue weighted by Crippen LogP contribution is -2.40. The number of aromatic nitrogens is 2. The molecule has 0 amide bonds. The van der Waals surface area contributed by atoms with E-state index in [9.17, 15) is 8.78 Å². The predicted octanol–water partition coefficient (Wildman–Crippen LogP) is 3.53. The van der Waals surface area contributed by atoms with Crippen molar-refractivity contribution in [1.29, 1.82) is 0 Å². The van der Waals surface area contributed by atoms with Gasteiger partial charge in [-0.25, -0.2) is 8.78 Å². The number of nitrogens with zero attached hydrogens (tertiary/aromatic N) is 3. The molecular weight excluding hydrogens is 272 g/mol. The van der Waals surface area contributed by atoms with E-state index >= 15 is 0 Å². The van der Waals surface area contributed by atoms with Crippen LogP contribution in [0, 0.1) is 13.8 Å². The van der Waals surface area contributed by atoms with Crippen molar-refractivity contribution in [3.63, 3.8) is 0 Å². The van der Waals surface area contributed by atoms with Crippen molar-refractivity contribution >= 4 is 0 Å². The second-order valence-electron chi connectivity index (χ2n) is 7.22. The van der Waals surface area contributed by atoms with E-state index < -0.39 is 5.92 Å². The molecule has 0 saturated carbocycles. The topological polar surface area (TPSA) is 21.1 Å². The molecule has 0 unspecified atom stereocenters. The van der Waals surface area contributed by atoms with Crippen LogP contribution >= 0.6 is 0 Å². The number of likely N-dealkylation sites (tertiary alicyclic amines) is 1. The summed E-state index contributed by atoms with van der Waals surface area (Å²) in [7, 11) is 0. The van der Waals surface area contributed by atoms with Gasteiger partial charge in [0.15, 0.2) is 0 Å². The van der Waals surface area contributed by atoms with Gasteiger partial charge < -0.3 is 4.90 Å². The standard InChI is InChI=1S/C16H27F2N3/c1-12-14(15(3,4)5)13(2)21(19-12)11-10-20-8-6-16(17,18)7-9-20/h6-11H2,1-5H3. The van der Waals surface area contributed by atoms with E-state index in [2.05, 4.69) is 37.7 Å². The predicted molar refractivity (Wildman–Crippen MR) is 81.0 cm³/mol. The van der Waals surface area contributed by atoms with Crippen LogP contribution in [0.2, 0.25) is 0 Å². The first-order chi connectivity index (χ1) is 9.60. The largest absolute Gasteiger partial charge is 0.301 e. The molecular formula is C16H27F2N3. The first kappa shape index (κ1) is 16.4. The number of piperidine rings is 1. The second-order valence-corrected chi connectivity index (χ2v) is 7.22. The lowest BCUT2D eigenvalue weighted by Gasteiger charge is -2.31. The first-order valence-electron chi connectivity index (χ1n) is 7.75. The lowest BCUT2D eigenvalue weighted by molar-refractivity contribution is -0.0555. The SMILES string of the molecule is Cc1nn(CCN2CCC(F)(F)CC2)c(C)c1C(C)(C)C. The molecule has 120 valence electrons. The van der Waals surface area contributed by atoms with Gasteiger partial charge in [0.2, 0.25) is 0 Å². The van der Waals surface area contributed by atoms with Gasteiger partial charge in [0.25, 0.3) is 5.92 Å². The highest BCUT2D eigenvalue weighted by Crippen LogP contribution is 2.29. The van der Waals surface area contributed by atoms with Gasteiger partial charge in [0, 0.05) is 43.7 Å². The van der Waals surface area contributed by atoms with E-state index in [1.165, 1.54) is 11.3 Å². The Hall–Kier alpha value is -0.970. The fourth-order valence-electron chi connectivity index (χ4n) is 3.34. The molecule has 1 aliphatic rings. The van der Waals surface area contributed by atoms with Crippen molar-refractivity contribution in [2.75, 3.05) is 19.6 Å². The Balaban J connectivity index is 1.99. The molecule has 21 heavy (non-hydrogen) atoms. The van der Waals surface area contributed by atoms with Crippen LogP contribution in [-0.4, -0.2) is 40.2 Å². The summed E-state index contributed by atoms with van der Waals surface area (Å²) in [5, 5.41) is 4.63. The van der Waals surface area contributed by atoms with Crippen molar-refractivity contribution in [1.82, 2.24) is 14.7 Å². The fraction of sp³-hybridized carbons (Fsp3) is 0.812. The molecule has 0 aliphatic carbocycles. The molecule has 1 fully saturated rings. The first-order valence-corrected chi connectivity index (χ1v) is 7.75. The highest BCUT2D eigenvalue weighted by molar-refractivity contribution is 5.31. The maximum atomic E-state index is 13.1. The summed E-state index contributed by atoms with van der Waals surface area (Å²) in [4.78, 5) is 2.12. The van der Waals surface area contributed by atoms with Crippen LogP contribution in [-0.2, 0) is 12.0 Å². The summed E-state index contributed by atoms with van der Waals surface area (Å²) in [5.74, 6) is -2.46. The summed E-state index contributed by atoms with van der Waals surface area (Å²) in [6.45, 7) is 13.3. The van der Waals surface area contributed by atoms with Crippen LogP contribution in [0.4, 0.5) is 8.78 Å². The van der Waals surface area contributed by atoms with Gasteiger partial charge in [-0.15, -0.1) is 0 Å². The summed E-state index contributed by atoms with van der Waals surface area (Å²) in [6.07, 6.45) is -0.0330. The van der Waals surface area contributed by atoms with Crippen molar-refractivity contribution in [2.24, 2.45) is 0 Å². The number of hydrogen-bond donors (Lipinski definition) is 0. The molecule has 0 bridgehead atoms. The van der Waals surface area contributed by atoms with Crippen molar-refractivity contribution in [2.45, 2.75) is 65.3 Å². The van der Waals surface area contributed by atoms with Crippen molar-refractivity contribution in [3.05, 3.63) is 17.0 Å². The quantitative estimate of drug-likeness (QED) is 0.851. The molecule has 2 heterocycles. The molecule has 1 saturated heterocycles. The minimum absolute atomic E-state index is 0.0165. The van der Waals surface area contributed by atoms with Gasteiger partial charge in [0.05, 0.1) is 12.2 Å². The maximum Gasteiger partial charge on any atom is 0.250 e. The zero-order valence-electron chi connectivity index (χ0n) is 13.8. The van der Waals surface area contributed by atoms with E-state index in [0.717, 1.165) is 18.8 Å². The third-order valence-corrected chi connectivity index (χ3v) is 4.35. The zero-order chi connectivity index (χ0) is 15.8. The Bertz CT molecular complexity index is 490. The second kappa shape index (κ2) is 5.67. The Morgan fingerprint density at radius 3 is 2.14 bits per heavy atom. The summed E-state index contributed by atoms with van der Waals surface area (Å²) < 4.78 is 28.3. The third kappa shape index (κ3) is 3.82. The van der Waals surface area contributed by atoms with E-state index in [1.54, 1.807) is 0 Å². The Labute approximate surface area is 126 Å². The number of aryl methyl sites for hydroxylation is 1. The number of rotatable bonds is 3. The minimum atomic E-state index is -2.46. The zero-order valence-corrected chi connectivity index (χ0v) is 13.8. The van der Waals surface area contributed by atoms with E-state index in [4.69, 9.17) is 0 Å². The number of halogens is 2. The highest BCUT2D eigenvalue weighted by atomic mass is 19.3. The van der Waals surface area contributed by atoms with Crippen LogP contribution in [0.15, 0.2) is 0 Å². The van der Waals surface area contributed by atoms with Crippen LogP contribution in [0.5, 0.6) is 0 Å². The molecule has 0 N–H and O–H groups in total. The molecule has 2 rings (SSSR count). The van der Waals surface area contributed by atoms with Crippen LogP contribution in [0.3, 0.4) is 0 Å². The van der Waals surface area contributed by atoms with Crippen molar-refractivity contribution in [3.8, 4) is 0 Å². The normalized spacial score (nSPS) is 20.0. The number of hydrogen-bond acceptors (Lipinski definition) is 2. The lowest BCUT2D eigenvalue weighted by atomic mass is 9.85. The van der Waals surface area contributed by atoms with Gasteiger partial charge in [-0.1, -0.05) is 20.8 Å². The molecule has 1 aliphatic heterocycles. The average molecular weight is 299 g/mol. The van der Waals surface area contributed by atoms with Gasteiger partial charge in [-0.3, -0.25) is 4.68 Å². The Morgan fingerprint density at radius 1 is 1.10 bits per heavy atom. The monoisotopic (exact) mass is 299 g/mol. The summed E-state index contributed by atoms with van der Waals surface area (Å²) >= 11 is 0. The van der Waals surface area contributed by atoms with Gasteiger partial charge >= 0.3 is 0 Å². The molecule has 0 spiro atoms. The van der Waals surface area contributed by atoms with Gasteiger partial charge in [-0.2, -0.15) is 5.10 Å². The minimum Gasteiger partial charge on any atom is -0.301 e. The highest BCUT2D eigenvalue weighted by Gasteiger charge is 2.33. The molecule has 1 aromatic rings. The van der Waals surface area contributed by atoms with E-state index in [0.29, 0.717) is 13.1 Å². The Morgan fingerprint density at radius 2 is 1.67 bits per heavy atom. The van der Waals surface area contributed by atoms with Crippen molar-refractivity contribution < 1.29 is 8.78 Å². The molecule has 0 aromatic carbocycles. The molecule has 0 radical (unpaired) electrons. The van der Waals surface area contributed by atoms with Gasteiger partial charge in [0.1, 0.15) is 0 Å². The smallest absolute Gasteiger partial charge is 0.250 e. The third-order valence-electron chi connectivity index (χ3n) is 4.35. The Kier molecular flexibility index (Phi) is 4.43. The van der Waals surface area contributed by atoms with Crippen LogP contribution < -0.4 is 0 Å². The summed E-state index contributed by atoms with van der Waals surface area (Å²) in [5.41, 5.74) is 3.65. The van der Waals surface area contributed by atoms with Gasteiger partial charge in [-0.05, 0) is 19.3 Å². The van der Waals surface area contributed by atoms with Crippen LogP contribution in [0.25, 0.3) is 0 Å². The number of alkyl halides is 2. The molecule has 1 aromatic heterocycles. The molecule has 5 heteroatoms. The van der Waals surface area contributed by atoms with E-state index in [-0.39, 0.29) is 18.3 Å². The molecule has 0 atom stereocenters. The van der Waals surface area contributed by atoms with Crippen LogP contribution in [0.1, 0.15) is 50.6 Å². The maximum absolute atomic E-state index is 13.1.